The van der Waals surface area contributed by atoms with E-state index in [1.807, 2.05) is 30.3 Å². The summed E-state index contributed by atoms with van der Waals surface area (Å²) in [6.45, 7) is 0.253. The molecule has 0 aliphatic heterocycles. The number of amides is 1. The molecule has 1 fully saturated rings. The molecular formula is C18H26INO3. The molecule has 1 aliphatic carbocycles. The van der Waals surface area contributed by atoms with Gasteiger partial charge in [-0.15, -0.1) is 0 Å². The van der Waals surface area contributed by atoms with Gasteiger partial charge < -0.3 is 15.2 Å². The fraction of sp³-hybridized carbons (Fsp3) is 0.611. The van der Waals surface area contributed by atoms with E-state index in [4.69, 9.17) is 4.74 Å². The van der Waals surface area contributed by atoms with Gasteiger partial charge in [0.2, 0.25) is 0 Å². The van der Waals surface area contributed by atoms with E-state index < -0.39 is 12.2 Å². The van der Waals surface area contributed by atoms with Crippen molar-refractivity contribution in [1.82, 2.24) is 5.32 Å². The molecule has 0 saturated heterocycles. The monoisotopic (exact) mass is 431 g/mol. The Labute approximate surface area is 152 Å². The number of rotatable bonds is 7. The lowest BCUT2D eigenvalue weighted by Crippen LogP contribution is -2.45. The van der Waals surface area contributed by atoms with Crippen molar-refractivity contribution in [2.24, 2.45) is 5.92 Å². The number of nitrogens with one attached hydrogen (secondary N) is 1. The van der Waals surface area contributed by atoms with Gasteiger partial charge in [0.1, 0.15) is 6.61 Å². The number of alkyl halides is 1. The lowest BCUT2D eigenvalue weighted by Gasteiger charge is -2.29. The molecule has 0 aromatic heterocycles. The van der Waals surface area contributed by atoms with E-state index in [-0.39, 0.29) is 12.6 Å². The van der Waals surface area contributed by atoms with Gasteiger partial charge in [0.05, 0.1) is 12.1 Å². The number of aliphatic hydroxyl groups is 1. The SMILES string of the molecule is O=C(N[C@@H](CC1CCCCC1)[C@@H](O)CI)OCc1ccccc1. The van der Waals surface area contributed by atoms with E-state index in [0.29, 0.717) is 10.3 Å². The average Bonchev–Trinajstić information content (AvgIpc) is 2.60. The normalized spacial score (nSPS) is 18.2. The lowest BCUT2D eigenvalue weighted by atomic mass is 9.84. The van der Waals surface area contributed by atoms with Gasteiger partial charge in [-0.3, -0.25) is 0 Å². The summed E-state index contributed by atoms with van der Waals surface area (Å²) in [5.41, 5.74) is 0.959. The van der Waals surface area contributed by atoms with Crippen molar-refractivity contribution in [3.05, 3.63) is 35.9 Å². The number of carbonyl (C=O) groups is 1. The average molecular weight is 431 g/mol. The Balaban J connectivity index is 1.82. The highest BCUT2D eigenvalue weighted by Crippen LogP contribution is 2.28. The van der Waals surface area contributed by atoms with Crippen LogP contribution >= 0.6 is 22.6 Å². The first kappa shape index (κ1) is 18.5. The second kappa shape index (κ2) is 10.1. The molecule has 5 heteroatoms. The van der Waals surface area contributed by atoms with Crippen LogP contribution in [0.25, 0.3) is 0 Å². The van der Waals surface area contributed by atoms with E-state index in [0.717, 1.165) is 12.0 Å². The molecule has 0 heterocycles. The first-order chi connectivity index (χ1) is 11.2. The van der Waals surface area contributed by atoms with Crippen molar-refractivity contribution in [3.8, 4) is 0 Å². The molecule has 2 N–H and O–H groups in total. The molecule has 2 rings (SSSR count). The van der Waals surface area contributed by atoms with Crippen LogP contribution in [-0.4, -0.2) is 27.8 Å². The molecule has 4 nitrogen and oxygen atoms in total. The van der Waals surface area contributed by atoms with Crippen LogP contribution in [0.15, 0.2) is 30.3 Å². The number of carbonyl (C=O) groups excluding carboxylic acids is 1. The van der Waals surface area contributed by atoms with Gasteiger partial charge in [-0.1, -0.05) is 85.0 Å². The van der Waals surface area contributed by atoms with E-state index in [2.05, 4.69) is 27.9 Å². The number of aliphatic hydroxyl groups excluding tert-OH is 1. The molecule has 128 valence electrons. The van der Waals surface area contributed by atoms with Crippen molar-refractivity contribution < 1.29 is 14.6 Å². The Bertz CT molecular complexity index is 463. The Morgan fingerprint density at radius 2 is 1.96 bits per heavy atom. The minimum Gasteiger partial charge on any atom is -0.445 e. The minimum absolute atomic E-state index is 0.224. The third-order valence-electron chi connectivity index (χ3n) is 4.45. The molecule has 0 radical (unpaired) electrons. The maximum atomic E-state index is 12.0. The summed E-state index contributed by atoms with van der Waals surface area (Å²) in [7, 11) is 0. The van der Waals surface area contributed by atoms with Crippen LogP contribution < -0.4 is 5.32 Å². The second-order valence-electron chi connectivity index (χ2n) is 6.27. The summed E-state index contributed by atoms with van der Waals surface area (Å²) in [6.07, 6.45) is 6.09. The molecule has 23 heavy (non-hydrogen) atoms. The predicted octanol–water partition coefficient (Wildman–Crippen LogP) is 4.05. The van der Waals surface area contributed by atoms with E-state index >= 15 is 0 Å². The topological polar surface area (TPSA) is 58.6 Å². The fourth-order valence-corrected chi connectivity index (χ4v) is 3.73. The summed E-state index contributed by atoms with van der Waals surface area (Å²) in [5.74, 6) is 0.598. The van der Waals surface area contributed by atoms with E-state index in [1.165, 1.54) is 32.1 Å². The standard InChI is InChI=1S/C18H26INO3/c19-12-17(21)16(11-14-7-3-1-4-8-14)20-18(22)23-13-15-9-5-2-6-10-15/h2,5-6,9-10,14,16-17,21H,1,3-4,7-8,11-13H2,(H,20,22)/t16-,17-/m0/s1. The molecule has 1 saturated carbocycles. The first-order valence-electron chi connectivity index (χ1n) is 8.40. The van der Waals surface area contributed by atoms with Gasteiger partial charge in [-0.2, -0.15) is 0 Å². The number of ether oxygens (including phenoxy) is 1. The Kier molecular flexibility index (Phi) is 8.16. The van der Waals surface area contributed by atoms with Gasteiger partial charge in [-0.05, 0) is 17.9 Å². The van der Waals surface area contributed by atoms with Crippen molar-refractivity contribution in [3.63, 3.8) is 0 Å². The summed E-state index contributed by atoms with van der Waals surface area (Å²) in [6, 6.07) is 9.39. The third-order valence-corrected chi connectivity index (χ3v) is 5.35. The predicted molar refractivity (Wildman–Crippen MR) is 99.6 cm³/mol. The van der Waals surface area contributed by atoms with Gasteiger partial charge in [0, 0.05) is 4.43 Å². The van der Waals surface area contributed by atoms with E-state index in [9.17, 15) is 9.90 Å². The first-order valence-corrected chi connectivity index (χ1v) is 9.93. The Morgan fingerprint density at radius 3 is 2.61 bits per heavy atom. The van der Waals surface area contributed by atoms with Crippen LogP contribution in [0, 0.1) is 5.92 Å². The largest absolute Gasteiger partial charge is 0.445 e. The minimum atomic E-state index is -0.526. The molecule has 1 aromatic rings. The molecule has 1 aromatic carbocycles. The third kappa shape index (κ3) is 6.67. The molecule has 0 unspecified atom stereocenters. The fourth-order valence-electron chi connectivity index (χ4n) is 3.12. The zero-order chi connectivity index (χ0) is 16.5. The molecule has 0 spiro atoms. The van der Waals surface area contributed by atoms with Crippen molar-refractivity contribution in [1.29, 1.82) is 0 Å². The van der Waals surface area contributed by atoms with Gasteiger partial charge in [-0.25, -0.2) is 4.79 Å². The maximum absolute atomic E-state index is 12.0. The highest BCUT2D eigenvalue weighted by molar-refractivity contribution is 14.1. The highest BCUT2D eigenvalue weighted by Gasteiger charge is 2.25. The molecule has 1 aliphatic rings. The lowest BCUT2D eigenvalue weighted by molar-refractivity contribution is 0.102. The summed E-state index contributed by atoms with van der Waals surface area (Å²) >= 11 is 2.16. The van der Waals surface area contributed by atoms with E-state index in [1.54, 1.807) is 0 Å². The van der Waals surface area contributed by atoms with Crippen LogP contribution in [0.4, 0.5) is 4.79 Å². The molecule has 0 bridgehead atoms. The van der Waals surface area contributed by atoms with Crippen LogP contribution in [0.3, 0.4) is 0 Å². The highest BCUT2D eigenvalue weighted by atomic mass is 127. The summed E-state index contributed by atoms with van der Waals surface area (Å²) in [5, 5.41) is 13.1. The molecular weight excluding hydrogens is 405 g/mol. The van der Waals surface area contributed by atoms with Crippen LogP contribution in [0.5, 0.6) is 0 Å². The van der Waals surface area contributed by atoms with Crippen molar-refractivity contribution in [2.75, 3.05) is 4.43 Å². The van der Waals surface area contributed by atoms with Gasteiger partial charge in [0.15, 0.2) is 0 Å². The van der Waals surface area contributed by atoms with Crippen molar-refractivity contribution >= 4 is 28.7 Å². The summed E-state index contributed by atoms with van der Waals surface area (Å²) < 4.78 is 5.88. The number of benzene rings is 1. The van der Waals surface area contributed by atoms with Gasteiger partial charge in [0.25, 0.3) is 0 Å². The maximum Gasteiger partial charge on any atom is 0.407 e. The zero-order valence-corrected chi connectivity index (χ0v) is 15.6. The molecule has 1 amide bonds. The Morgan fingerprint density at radius 1 is 1.26 bits per heavy atom. The zero-order valence-electron chi connectivity index (χ0n) is 13.4. The number of halogens is 1. The van der Waals surface area contributed by atoms with Crippen molar-refractivity contribution in [2.45, 2.75) is 57.3 Å². The van der Waals surface area contributed by atoms with Crippen LogP contribution in [-0.2, 0) is 11.3 Å². The Hall–Kier alpha value is -0.820. The van der Waals surface area contributed by atoms with Gasteiger partial charge >= 0.3 is 6.09 Å². The number of hydrogen-bond donors (Lipinski definition) is 2. The molecule has 2 atom stereocenters. The smallest absolute Gasteiger partial charge is 0.407 e. The quantitative estimate of drug-likeness (QED) is 0.506. The van der Waals surface area contributed by atoms with Crippen LogP contribution in [0.2, 0.25) is 0 Å². The second-order valence-corrected chi connectivity index (χ2v) is 7.15. The number of alkyl carbamates (subject to hydrolysis) is 1. The number of hydrogen-bond acceptors (Lipinski definition) is 3. The van der Waals surface area contributed by atoms with Crippen LogP contribution in [0.1, 0.15) is 44.1 Å². The summed E-state index contributed by atoms with van der Waals surface area (Å²) in [4.78, 5) is 12.0.